The third kappa shape index (κ3) is 4.12. The van der Waals surface area contributed by atoms with Crippen molar-refractivity contribution in [1.29, 1.82) is 0 Å². The van der Waals surface area contributed by atoms with Crippen molar-refractivity contribution in [2.24, 2.45) is 5.92 Å². The van der Waals surface area contributed by atoms with Crippen LogP contribution in [0.4, 0.5) is 0 Å². The molecule has 8 heteroatoms. The predicted octanol–water partition coefficient (Wildman–Crippen LogP) is 3.90. The van der Waals surface area contributed by atoms with Crippen molar-refractivity contribution in [3.05, 3.63) is 45.7 Å². The topological polar surface area (TPSA) is 64.4 Å². The molecule has 1 aromatic heterocycles. The number of rotatable bonds is 4. The molecular formula is C19H21Cl2N3O3. The van der Waals surface area contributed by atoms with Crippen LogP contribution in [-0.2, 0) is 9.53 Å². The number of aromatic nitrogens is 2. The van der Waals surface area contributed by atoms with E-state index in [1.807, 2.05) is 6.92 Å². The van der Waals surface area contributed by atoms with E-state index in [9.17, 15) is 9.59 Å². The minimum absolute atomic E-state index is 0.132. The molecule has 0 spiro atoms. The van der Waals surface area contributed by atoms with Gasteiger partial charge in [0, 0.05) is 13.1 Å². The Balaban J connectivity index is 1.80. The highest BCUT2D eigenvalue weighted by molar-refractivity contribution is 6.42. The van der Waals surface area contributed by atoms with Crippen LogP contribution in [0, 0.1) is 12.8 Å². The Morgan fingerprint density at radius 3 is 2.78 bits per heavy atom. The van der Waals surface area contributed by atoms with E-state index in [0.717, 1.165) is 18.5 Å². The van der Waals surface area contributed by atoms with E-state index in [-0.39, 0.29) is 17.8 Å². The average molecular weight is 410 g/mol. The third-order valence-electron chi connectivity index (χ3n) is 4.72. The summed E-state index contributed by atoms with van der Waals surface area (Å²) in [6.07, 6.45) is 3.06. The van der Waals surface area contributed by atoms with Gasteiger partial charge in [-0.05, 0) is 44.9 Å². The Kier molecular flexibility index (Phi) is 6.07. The summed E-state index contributed by atoms with van der Waals surface area (Å²) in [6, 6.07) is 5.19. The Labute approximate surface area is 168 Å². The molecule has 0 N–H and O–H groups in total. The molecule has 1 aromatic carbocycles. The number of esters is 1. The lowest BCUT2D eigenvalue weighted by Crippen LogP contribution is -2.43. The summed E-state index contributed by atoms with van der Waals surface area (Å²) in [7, 11) is 0. The van der Waals surface area contributed by atoms with Gasteiger partial charge in [-0.2, -0.15) is 5.10 Å². The first kappa shape index (κ1) is 19.7. The van der Waals surface area contributed by atoms with Crippen LogP contribution in [-0.4, -0.2) is 46.3 Å². The Morgan fingerprint density at radius 1 is 1.30 bits per heavy atom. The van der Waals surface area contributed by atoms with Gasteiger partial charge in [0.1, 0.15) is 0 Å². The molecule has 0 radical (unpaired) electrons. The highest BCUT2D eigenvalue weighted by Crippen LogP contribution is 2.26. The molecule has 144 valence electrons. The Hall–Kier alpha value is -2.05. The number of hydrogen-bond acceptors (Lipinski definition) is 4. The van der Waals surface area contributed by atoms with Crippen LogP contribution in [0.3, 0.4) is 0 Å². The molecule has 1 fully saturated rings. The molecule has 27 heavy (non-hydrogen) atoms. The lowest BCUT2D eigenvalue weighted by molar-refractivity contribution is -0.149. The van der Waals surface area contributed by atoms with Gasteiger partial charge in [-0.3, -0.25) is 9.59 Å². The molecule has 2 aromatic rings. The molecule has 0 saturated carbocycles. The van der Waals surface area contributed by atoms with E-state index in [4.69, 9.17) is 27.9 Å². The van der Waals surface area contributed by atoms with Gasteiger partial charge in [-0.25, -0.2) is 4.68 Å². The maximum atomic E-state index is 13.0. The number of benzene rings is 1. The number of likely N-dealkylation sites (tertiary alicyclic amines) is 1. The fourth-order valence-corrected chi connectivity index (χ4v) is 3.57. The Bertz CT molecular complexity index is 866. The van der Waals surface area contributed by atoms with Gasteiger partial charge < -0.3 is 9.64 Å². The molecule has 0 unspecified atom stereocenters. The second-order valence-electron chi connectivity index (χ2n) is 6.50. The summed E-state index contributed by atoms with van der Waals surface area (Å²) in [4.78, 5) is 26.7. The summed E-state index contributed by atoms with van der Waals surface area (Å²) >= 11 is 12.1. The lowest BCUT2D eigenvalue weighted by atomic mass is 9.97. The Morgan fingerprint density at radius 2 is 2.07 bits per heavy atom. The predicted molar refractivity (Wildman–Crippen MR) is 104 cm³/mol. The van der Waals surface area contributed by atoms with Crippen molar-refractivity contribution in [2.45, 2.75) is 26.7 Å². The second-order valence-corrected chi connectivity index (χ2v) is 7.31. The zero-order valence-electron chi connectivity index (χ0n) is 15.2. The summed E-state index contributed by atoms with van der Waals surface area (Å²) in [5.74, 6) is -0.640. The van der Waals surface area contributed by atoms with Crippen molar-refractivity contribution in [3.63, 3.8) is 0 Å². The van der Waals surface area contributed by atoms with E-state index in [0.29, 0.717) is 41.0 Å². The molecule has 1 saturated heterocycles. The van der Waals surface area contributed by atoms with Gasteiger partial charge in [0.25, 0.3) is 5.91 Å². The SMILES string of the molecule is CCOC(=O)[C@H]1CCCN(C(=O)c2cnn(-c3ccc(Cl)c(Cl)c3)c2C)C1. The van der Waals surface area contributed by atoms with Crippen LogP contribution in [0.15, 0.2) is 24.4 Å². The molecule has 0 aliphatic carbocycles. The van der Waals surface area contributed by atoms with E-state index in [2.05, 4.69) is 5.10 Å². The number of halogens is 2. The molecule has 1 amide bonds. The summed E-state index contributed by atoms with van der Waals surface area (Å²) in [5.41, 5.74) is 1.94. The van der Waals surface area contributed by atoms with Crippen molar-refractivity contribution >= 4 is 35.1 Å². The van der Waals surface area contributed by atoms with Gasteiger partial charge >= 0.3 is 5.97 Å². The summed E-state index contributed by atoms with van der Waals surface area (Å²) in [5, 5.41) is 5.21. The molecule has 0 bridgehead atoms. The molecule has 1 aliphatic rings. The first-order valence-corrected chi connectivity index (χ1v) is 9.64. The molecule has 1 aliphatic heterocycles. The summed E-state index contributed by atoms with van der Waals surface area (Å²) in [6.45, 7) is 4.94. The van der Waals surface area contributed by atoms with E-state index in [1.165, 1.54) is 0 Å². The third-order valence-corrected chi connectivity index (χ3v) is 5.46. The van der Waals surface area contributed by atoms with Gasteiger partial charge in [0.15, 0.2) is 0 Å². The largest absolute Gasteiger partial charge is 0.466 e. The van der Waals surface area contributed by atoms with Crippen LogP contribution in [0.2, 0.25) is 10.0 Å². The number of carbonyl (C=O) groups is 2. The standard InChI is InChI=1S/C19H21Cl2N3O3/c1-3-27-19(26)13-5-4-8-23(11-13)18(25)15-10-22-24(12(15)2)14-6-7-16(20)17(21)9-14/h6-7,9-10,13H,3-5,8,11H2,1-2H3/t13-/m0/s1. The van der Waals surface area contributed by atoms with Crippen LogP contribution in [0.1, 0.15) is 35.8 Å². The van der Waals surface area contributed by atoms with Crippen molar-refractivity contribution in [2.75, 3.05) is 19.7 Å². The second kappa shape index (κ2) is 8.31. The zero-order valence-corrected chi connectivity index (χ0v) is 16.8. The summed E-state index contributed by atoms with van der Waals surface area (Å²) < 4.78 is 6.76. The van der Waals surface area contributed by atoms with Crippen LogP contribution in [0.5, 0.6) is 0 Å². The van der Waals surface area contributed by atoms with E-state index < -0.39 is 0 Å². The number of carbonyl (C=O) groups excluding carboxylic acids is 2. The molecule has 6 nitrogen and oxygen atoms in total. The molecule has 3 rings (SSSR count). The average Bonchev–Trinajstić information content (AvgIpc) is 3.05. The van der Waals surface area contributed by atoms with Crippen LogP contribution < -0.4 is 0 Å². The first-order valence-electron chi connectivity index (χ1n) is 8.88. The number of nitrogens with zero attached hydrogens (tertiary/aromatic N) is 3. The lowest BCUT2D eigenvalue weighted by Gasteiger charge is -2.31. The quantitative estimate of drug-likeness (QED) is 0.718. The van der Waals surface area contributed by atoms with E-state index >= 15 is 0 Å². The first-order chi connectivity index (χ1) is 12.9. The van der Waals surface area contributed by atoms with Gasteiger partial charge in [0.05, 0.1) is 45.7 Å². The molecule has 1 atom stereocenters. The van der Waals surface area contributed by atoms with Gasteiger partial charge in [-0.1, -0.05) is 23.2 Å². The number of ether oxygens (including phenoxy) is 1. The van der Waals surface area contributed by atoms with Crippen molar-refractivity contribution in [3.8, 4) is 5.69 Å². The van der Waals surface area contributed by atoms with Crippen LogP contribution in [0.25, 0.3) is 5.69 Å². The number of piperidine rings is 1. The normalized spacial score (nSPS) is 17.0. The van der Waals surface area contributed by atoms with E-state index in [1.54, 1.807) is 40.9 Å². The fourth-order valence-electron chi connectivity index (χ4n) is 3.28. The fraction of sp³-hybridized carbons (Fsp3) is 0.421. The zero-order chi connectivity index (χ0) is 19.6. The van der Waals surface area contributed by atoms with Crippen LogP contribution >= 0.6 is 23.2 Å². The maximum absolute atomic E-state index is 13.0. The maximum Gasteiger partial charge on any atom is 0.310 e. The van der Waals surface area contributed by atoms with Crippen molar-refractivity contribution < 1.29 is 14.3 Å². The highest BCUT2D eigenvalue weighted by Gasteiger charge is 2.31. The molecule has 2 heterocycles. The minimum atomic E-state index is -0.270. The highest BCUT2D eigenvalue weighted by atomic mass is 35.5. The number of hydrogen-bond donors (Lipinski definition) is 0. The van der Waals surface area contributed by atoms with Gasteiger partial charge in [0.2, 0.25) is 0 Å². The minimum Gasteiger partial charge on any atom is -0.466 e. The van der Waals surface area contributed by atoms with Gasteiger partial charge in [-0.15, -0.1) is 0 Å². The van der Waals surface area contributed by atoms with Crippen molar-refractivity contribution in [1.82, 2.24) is 14.7 Å². The smallest absolute Gasteiger partial charge is 0.310 e. The monoisotopic (exact) mass is 409 g/mol. The number of amides is 1. The molecular weight excluding hydrogens is 389 g/mol.